The quantitative estimate of drug-likeness (QED) is 0.747. The zero-order chi connectivity index (χ0) is 20.8. The van der Waals surface area contributed by atoms with Crippen LogP contribution in [-0.4, -0.2) is 57.9 Å². The smallest absolute Gasteiger partial charge is 0.319 e. The van der Waals surface area contributed by atoms with Gasteiger partial charge in [0.25, 0.3) is 0 Å². The van der Waals surface area contributed by atoms with Crippen molar-refractivity contribution in [2.75, 3.05) is 57.2 Å². The van der Waals surface area contributed by atoms with Crippen LogP contribution in [0.25, 0.3) is 0 Å². The van der Waals surface area contributed by atoms with E-state index in [9.17, 15) is 9.18 Å². The molecule has 0 aromatic heterocycles. The van der Waals surface area contributed by atoms with Crippen molar-refractivity contribution >= 4 is 29.0 Å². The summed E-state index contributed by atoms with van der Waals surface area (Å²) in [6, 6.07) is 11.4. The molecule has 2 N–H and O–H groups in total. The van der Waals surface area contributed by atoms with Crippen molar-refractivity contribution in [3.8, 4) is 0 Å². The van der Waals surface area contributed by atoms with Crippen LogP contribution in [0.1, 0.15) is 11.6 Å². The van der Waals surface area contributed by atoms with Crippen LogP contribution in [0, 0.1) is 5.82 Å². The second-order valence-electron chi connectivity index (χ2n) is 7.13. The molecule has 0 radical (unpaired) electrons. The van der Waals surface area contributed by atoms with Crippen molar-refractivity contribution in [2.24, 2.45) is 0 Å². The summed E-state index contributed by atoms with van der Waals surface area (Å²) in [6.45, 7) is 3.18. The number of amides is 2. The molecule has 1 heterocycles. The van der Waals surface area contributed by atoms with Gasteiger partial charge in [-0.15, -0.1) is 0 Å². The lowest BCUT2D eigenvalue weighted by Crippen LogP contribution is -2.38. The normalized spacial score (nSPS) is 15.3. The van der Waals surface area contributed by atoms with E-state index in [1.807, 2.05) is 31.1 Å². The first kappa shape index (κ1) is 21.4. The zero-order valence-corrected chi connectivity index (χ0v) is 17.4. The number of anilines is 2. The summed E-state index contributed by atoms with van der Waals surface area (Å²) in [5.74, 6) is -0.284. The monoisotopic (exact) mass is 420 g/mol. The predicted octanol–water partition coefficient (Wildman–Crippen LogP) is 3.74. The SMILES string of the molecule is CN(C)C(CNC(=O)Nc1cc(Cl)ccc1N1CCOCC1)c1ccc(F)cc1. The minimum Gasteiger partial charge on any atom is -0.378 e. The second kappa shape index (κ2) is 9.91. The molecule has 0 aliphatic carbocycles. The molecule has 2 amide bonds. The molecular weight excluding hydrogens is 395 g/mol. The topological polar surface area (TPSA) is 56.8 Å². The Morgan fingerprint density at radius 1 is 1.21 bits per heavy atom. The number of urea groups is 1. The molecule has 3 rings (SSSR count). The number of nitrogens with zero attached hydrogens (tertiary/aromatic N) is 2. The van der Waals surface area contributed by atoms with Gasteiger partial charge in [0.15, 0.2) is 0 Å². The van der Waals surface area contributed by atoms with Gasteiger partial charge < -0.3 is 25.2 Å². The molecule has 0 saturated carbocycles. The number of hydrogen-bond donors (Lipinski definition) is 2. The van der Waals surface area contributed by atoms with Gasteiger partial charge in [0.2, 0.25) is 0 Å². The first-order chi connectivity index (χ1) is 13.9. The van der Waals surface area contributed by atoms with E-state index in [1.165, 1.54) is 12.1 Å². The number of nitrogens with one attached hydrogen (secondary N) is 2. The Balaban J connectivity index is 1.66. The van der Waals surface area contributed by atoms with Gasteiger partial charge in [-0.3, -0.25) is 0 Å². The van der Waals surface area contributed by atoms with E-state index in [4.69, 9.17) is 16.3 Å². The van der Waals surface area contributed by atoms with Crippen LogP contribution >= 0.6 is 11.6 Å². The maximum atomic E-state index is 13.2. The number of rotatable bonds is 6. The highest BCUT2D eigenvalue weighted by Crippen LogP contribution is 2.30. The third-order valence-electron chi connectivity index (χ3n) is 4.89. The van der Waals surface area contributed by atoms with Crippen LogP contribution in [0.15, 0.2) is 42.5 Å². The zero-order valence-electron chi connectivity index (χ0n) is 16.6. The summed E-state index contributed by atoms with van der Waals surface area (Å²) in [6.07, 6.45) is 0. The molecule has 156 valence electrons. The summed E-state index contributed by atoms with van der Waals surface area (Å²) < 4.78 is 18.6. The number of carbonyl (C=O) groups is 1. The van der Waals surface area contributed by atoms with E-state index in [1.54, 1.807) is 18.2 Å². The predicted molar refractivity (Wildman–Crippen MR) is 114 cm³/mol. The first-order valence-corrected chi connectivity index (χ1v) is 9.91. The molecule has 1 aliphatic heterocycles. The van der Waals surface area contributed by atoms with Gasteiger partial charge >= 0.3 is 6.03 Å². The van der Waals surface area contributed by atoms with Crippen LogP contribution in [-0.2, 0) is 4.74 Å². The lowest BCUT2D eigenvalue weighted by atomic mass is 10.1. The van der Waals surface area contributed by atoms with Crippen LogP contribution < -0.4 is 15.5 Å². The Bertz CT molecular complexity index is 826. The molecule has 1 aliphatic rings. The molecule has 8 heteroatoms. The molecule has 2 aromatic rings. The van der Waals surface area contributed by atoms with Gasteiger partial charge in [0.1, 0.15) is 5.82 Å². The third-order valence-corrected chi connectivity index (χ3v) is 5.13. The Hall–Kier alpha value is -2.35. The second-order valence-corrected chi connectivity index (χ2v) is 7.56. The summed E-state index contributed by atoms with van der Waals surface area (Å²) in [5, 5.41) is 6.36. The highest BCUT2D eigenvalue weighted by atomic mass is 35.5. The Kier molecular flexibility index (Phi) is 7.30. The summed E-state index contributed by atoms with van der Waals surface area (Å²) >= 11 is 6.15. The molecule has 2 aromatic carbocycles. The van der Waals surface area contributed by atoms with E-state index >= 15 is 0 Å². The van der Waals surface area contributed by atoms with Gasteiger partial charge in [-0.2, -0.15) is 0 Å². The number of likely N-dealkylation sites (N-methyl/N-ethyl adjacent to an activating group) is 1. The molecule has 0 bridgehead atoms. The molecule has 1 saturated heterocycles. The molecule has 0 spiro atoms. The van der Waals surface area contributed by atoms with E-state index in [-0.39, 0.29) is 17.9 Å². The Morgan fingerprint density at radius 3 is 2.55 bits per heavy atom. The minimum atomic E-state index is -0.323. The Morgan fingerprint density at radius 2 is 1.90 bits per heavy atom. The highest BCUT2D eigenvalue weighted by molar-refractivity contribution is 6.31. The lowest BCUT2D eigenvalue weighted by Gasteiger charge is -2.30. The maximum absolute atomic E-state index is 13.2. The molecule has 6 nitrogen and oxygen atoms in total. The average Bonchev–Trinajstić information content (AvgIpc) is 2.70. The van der Waals surface area contributed by atoms with Gasteiger partial charge in [-0.05, 0) is 50.0 Å². The number of benzene rings is 2. The number of morpholine rings is 1. The van der Waals surface area contributed by atoms with Gasteiger partial charge in [-0.1, -0.05) is 23.7 Å². The van der Waals surface area contributed by atoms with Crippen LogP contribution in [0.3, 0.4) is 0 Å². The average molecular weight is 421 g/mol. The van der Waals surface area contributed by atoms with Gasteiger partial charge in [-0.25, -0.2) is 9.18 Å². The lowest BCUT2D eigenvalue weighted by molar-refractivity contribution is 0.123. The third kappa shape index (κ3) is 5.82. The van der Waals surface area contributed by atoms with Crippen molar-refractivity contribution < 1.29 is 13.9 Å². The fraction of sp³-hybridized carbons (Fsp3) is 0.381. The van der Waals surface area contributed by atoms with Gasteiger partial charge in [0.05, 0.1) is 30.6 Å². The minimum absolute atomic E-state index is 0.0839. The van der Waals surface area contributed by atoms with E-state index in [0.717, 1.165) is 24.3 Å². The van der Waals surface area contributed by atoms with E-state index < -0.39 is 0 Å². The van der Waals surface area contributed by atoms with Crippen molar-refractivity contribution in [3.63, 3.8) is 0 Å². The van der Waals surface area contributed by atoms with Gasteiger partial charge in [0, 0.05) is 24.7 Å². The molecule has 1 unspecified atom stereocenters. The maximum Gasteiger partial charge on any atom is 0.319 e. The molecule has 1 atom stereocenters. The fourth-order valence-electron chi connectivity index (χ4n) is 3.33. The molecular formula is C21H26ClFN4O2. The van der Waals surface area contributed by atoms with Crippen molar-refractivity contribution in [1.29, 1.82) is 0 Å². The molecule has 29 heavy (non-hydrogen) atoms. The van der Waals surface area contributed by atoms with Crippen molar-refractivity contribution in [1.82, 2.24) is 10.2 Å². The summed E-state index contributed by atoms with van der Waals surface area (Å²) in [7, 11) is 3.84. The number of ether oxygens (including phenoxy) is 1. The van der Waals surface area contributed by atoms with E-state index in [2.05, 4.69) is 15.5 Å². The number of hydrogen-bond acceptors (Lipinski definition) is 4. The van der Waals surface area contributed by atoms with Crippen molar-refractivity contribution in [2.45, 2.75) is 6.04 Å². The van der Waals surface area contributed by atoms with Crippen LogP contribution in [0.4, 0.5) is 20.6 Å². The van der Waals surface area contributed by atoms with Crippen LogP contribution in [0.2, 0.25) is 5.02 Å². The Labute approximate surface area is 175 Å². The standard InChI is InChI=1S/C21H26ClFN4O2/c1-26(2)20(15-3-6-17(23)7-4-15)14-24-21(28)25-18-13-16(22)5-8-19(18)27-9-11-29-12-10-27/h3-8,13,20H,9-12,14H2,1-2H3,(H2,24,25,28). The number of carbonyl (C=O) groups excluding carboxylic acids is 1. The number of halogens is 2. The highest BCUT2D eigenvalue weighted by Gasteiger charge is 2.18. The van der Waals surface area contributed by atoms with Crippen LogP contribution in [0.5, 0.6) is 0 Å². The van der Waals surface area contributed by atoms with E-state index in [0.29, 0.717) is 30.5 Å². The summed E-state index contributed by atoms with van der Waals surface area (Å²) in [5.41, 5.74) is 2.49. The molecule has 1 fully saturated rings. The largest absolute Gasteiger partial charge is 0.378 e. The summed E-state index contributed by atoms with van der Waals surface area (Å²) in [4.78, 5) is 16.7. The fourth-order valence-corrected chi connectivity index (χ4v) is 3.50. The van der Waals surface area contributed by atoms with Crippen molar-refractivity contribution in [3.05, 3.63) is 58.9 Å². The first-order valence-electron chi connectivity index (χ1n) is 9.53.